The summed E-state index contributed by atoms with van der Waals surface area (Å²) in [5.74, 6) is 0.143. The lowest BCUT2D eigenvalue weighted by Crippen LogP contribution is -2.34. The maximum absolute atomic E-state index is 12.3. The second-order valence-corrected chi connectivity index (χ2v) is 4.25. The first-order chi connectivity index (χ1) is 9.13. The van der Waals surface area contributed by atoms with Crippen molar-refractivity contribution in [3.63, 3.8) is 0 Å². The Balaban J connectivity index is 2.94. The van der Waals surface area contributed by atoms with Gasteiger partial charge in [-0.2, -0.15) is 0 Å². The number of ether oxygens (including phenoxy) is 1. The molecular weight excluding hydrogens is 246 g/mol. The lowest BCUT2D eigenvalue weighted by atomic mass is 10.1. The van der Waals surface area contributed by atoms with E-state index in [2.05, 4.69) is 0 Å². The van der Waals surface area contributed by atoms with Gasteiger partial charge in [-0.05, 0) is 24.6 Å². The second-order valence-electron chi connectivity index (χ2n) is 4.25. The van der Waals surface area contributed by atoms with Gasteiger partial charge in [0.15, 0.2) is 0 Å². The van der Waals surface area contributed by atoms with Gasteiger partial charge < -0.3 is 19.8 Å². The van der Waals surface area contributed by atoms with Crippen LogP contribution in [-0.2, 0) is 0 Å². The van der Waals surface area contributed by atoms with Crippen molar-refractivity contribution in [2.24, 2.45) is 0 Å². The standard InChI is InChI=1S/C14H21NO4/c1-3-4-7-15(8-9-16)14(18)12-10-11(19-2)5-6-13(12)17/h5-6,10,16-17H,3-4,7-9H2,1-2H3. The molecule has 0 spiro atoms. The van der Waals surface area contributed by atoms with Crippen LogP contribution in [0.4, 0.5) is 0 Å². The van der Waals surface area contributed by atoms with Gasteiger partial charge in [0.25, 0.3) is 5.91 Å². The van der Waals surface area contributed by atoms with Gasteiger partial charge in [-0.25, -0.2) is 0 Å². The Morgan fingerprint density at radius 2 is 2.11 bits per heavy atom. The fourth-order valence-electron chi connectivity index (χ4n) is 1.77. The van der Waals surface area contributed by atoms with Crippen molar-refractivity contribution in [1.82, 2.24) is 4.90 Å². The van der Waals surface area contributed by atoms with Crippen LogP contribution in [0.15, 0.2) is 18.2 Å². The van der Waals surface area contributed by atoms with Crippen LogP contribution >= 0.6 is 0 Å². The van der Waals surface area contributed by atoms with E-state index in [0.717, 1.165) is 12.8 Å². The summed E-state index contributed by atoms with van der Waals surface area (Å²) < 4.78 is 5.05. The fourth-order valence-corrected chi connectivity index (χ4v) is 1.77. The van der Waals surface area contributed by atoms with Gasteiger partial charge >= 0.3 is 0 Å². The average molecular weight is 267 g/mol. The first kappa shape index (κ1) is 15.3. The van der Waals surface area contributed by atoms with Gasteiger partial charge in [-0.15, -0.1) is 0 Å². The van der Waals surface area contributed by atoms with Crippen LogP contribution in [-0.4, -0.2) is 47.8 Å². The number of amides is 1. The summed E-state index contributed by atoms with van der Waals surface area (Å²) in [4.78, 5) is 13.9. The number of methoxy groups -OCH3 is 1. The van der Waals surface area contributed by atoms with Crippen molar-refractivity contribution in [2.45, 2.75) is 19.8 Å². The van der Waals surface area contributed by atoms with Gasteiger partial charge in [-0.3, -0.25) is 4.79 Å². The Kier molecular flexibility index (Phi) is 6.15. The molecule has 0 aliphatic carbocycles. The summed E-state index contributed by atoms with van der Waals surface area (Å²) in [6.45, 7) is 2.76. The predicted octanol–water partition coefficient (Wildman–Crippen LogP) is 1.64. The number of phenols is 1. The number of rotatable bonds is 7. The van der Waals surface area contributed by atoms with Crippen molar-refractivity contribution in [1.29, 1.82) is 0 Å². The van der Waals surface area contributed by atoms with E-state index >= 15 is 0 Å². The molecule has 0 heterocycles. The average Bonchev–Trinajstić information content (AvgIpc) is 2.43. The normalized spacial score (nSPS) is 10.3. The maximum Gasteiger partial charge on any atom is 0.257 e. The molecule has 2 N–H and O–H groups in total. The molecule has 0 bridgehead atoms. The highest BCUT2D eigenvalue weighted by atomic mass is 16.5. The zero-order valence-electron chi connectivity index (χ0n) is 11.4. The summed E-state index contributed by atoms with van der Waals surface area (Å²) in [5.41, 5.74) is 0.198. The number of benzene rings is 1. The number of carbonyl (C=O) groups is 1. The van der Waals surface area contributed by atoms with Crippen molar-refractivity contribution in [2.75, 3.05) is 26.8 Å². The molecule has 0 aromatic heterocycles. The molecule has 0 saturated heterocycles. The highest BCUT2D eigenvalue weighted by Crippen LogP contribution is 2.24. The van der Waals surface area contributed by atoms with Gasteiger partial charge in [-0.1, -0.05) is 13.3 Å². The third kappa shape index (κ3) is 4.13. The Morgan fingerprint density at radius 1 is 1.37 bits per heavy atom. The fraction of sp³-hybridized carbons (Fsp3) is 0.500. The number of unbranched alkanes of at least 4 members (excludes halogenated alkanes) is 1. The van der Waals surface area contributed by atoms with Gasteiger partial charge in [0.05, 0.1) is 19.3 Å². The first-order valence-electron chi connectivity index (χ1n) is 6.41. The lowest BCUT2D eigenvalue weighted by molar-refractivity contribution is 0.0716. The molecule has 5 heteroatoms. The van der Waals surface area contributed by atoms with Crippen molar-refractivity contribution in [3.8, 4) is 11.5 Å². The number of nitrogens with zero attached hydrogens (tertiary/aromatic N) is 1. The number of hydrogen-bond acceptors (Lipinski definition) is 4. The van der Waals surface area contributed by atoms with Crippen LogP contribution in [0, 0.1) is 0 Å². The summed E-state index contributed by atoms with van der Waals surface area (Å²) in [6, 6.07) is 4.53. The van der Waals surface area contributed by atoms with E-state index in [9.17, 15) is 9.90 Å². The molecule has 0 saturated carbocycles. The third-order valence-electron chi connectivity index (χ3n) is 2.87. The molecular formula is C14H21NO4. The molecule has 19 heavy (non-hydrogen) atoms. The Bertz CT molecular complexity index is 420. The minimum atomic E-state index is -0.293. The molecule has 0 radical (unpaired) electrons. The van der Waals surface area contributed by atoms with E-state index in [4.69, 9.17) is 9.84 Å². The van der Waals surface area contributed by atoms with Crippen molar-refractivity contribution in [3.05, 3.63) is 23.8 Å². The van der Waals surface area contributed by atoms with Crippen LogP contribution in [0.5, 0.6) is 11.5 Å². The molecule has 0 aliphatic rings. The zero-order chi connectivity index (χ0) is 14.3. The summed E-state index contributed by atoms with van der Waals surface area (Å²) >= 11 is 0. The van der Waals surface area contributed by atoms with Gasteiger partial charge in [0.1, 0.15) is 11.5 Å². The summed E-state index contributed by atoms with van der Waals surface area (Å²) in [7, 11) is 1.50. The number of aliphatic hydroxyl groups excluding tert-OH is 1. The second kappa shape index (κ2) is 7.63. The molecule has 1 aromatic rings. The smallest absolute Gasteiger partial charge is 0.257 e. The van der Waals surface area contributed by atoms with E-state index in [1.54, 1.807) is 6.07 Å². The maximum atomic E-state index is 12.3. The number of carbonyl (C=O) groups excluding carboxylic acids is 1. The molecule has 0 aliphatic heterocycles. The van der Waals surface area contributed by atoms with Crippen LogP contribution in [0.3, 0.4) is 0 Å². The molecule has 0 atom stereocenters. The number of hydrogen-bond donors (Lipinski definition) is 2. The molecule has 1 rings (SSSR count). The number of aliphatic hydroxyl groups is 1. The SMILES string of the molecule is CCCCN(CCO)C(=O)c1cc(OC)ccc1O. The lowest BCUT2D eigenvalue weighted by Gasteiger charge is -2.22. The van der Waals surface area contributed by atoms with Crippen molar-refractivity contribution < 1.29 is 19.7 Å². The monoisotopic (exact) mass is 267 g/mol. The van der Waals surface area contributed by atoms with E-state index in [0.29, 0.717) is 12.3 Å². The largest absolute Gasteiger partial charge is 0.507 e. The minimum absolute atomic E-state index is 0.0785. The Labute approximate surface area is 113 Å². The number of aromatic hydroxyl groups is 1. The van der Waals surface area contributed by atoms with E-state index in [-0.39, 0.29) is 30.4 Å². The van der Waals surface area contributed by atoms with Crippen LogP contribution in [0.1, 0.15) is 30.1 Å². The molecule has 106 valence electrons. The van der Waals surface area contributed by atoms with Crippen LogP contribution in [0.2, 0.25) is 0 Å². The van der Waals surface area contributed by atoms with E-state index < -0.39 is 0 Å². The third-order valence-corrected chi connectivity index (χ3v) is 2.87. The van der Waals surface area contributed by atoms with Gasteiger partial charge in [0, 0.05) is 13.1 Å². The minimum Gasteiger partial charge on any atom is -0.507 e. The van der Waals surface area contributed by atoms with Crippen LogP contribution < -0.4 is 4.74 Å². The van der Waals surface area contributed by atoms with E-state index in [1.807, 2.05) is 6.92 Å². The molecule has 1 amide bonds. The molecule has 5 nitrogen and oxygen atoms in total. The first-order valence-corrected chi connectivity index (χ1v) is 6.41. The summed E-state index contributed by atoms with van der Waals surface area (Å²) in [6.07, 6.45) is 1.82. The Hall–Kier alpha value is -1.75. The zero-order valence-corrected chi connectivity index (χ0v) is 11.4. The predicted molar refractivity (Wildman–Crippen MR) is 72.6 cm³/mol. The molecule has 0 fully saturated rings. The van der Waals surface area contributed by atoms with Crippen LogP contribution in [0.25, 0.3) is 0 Å². The number of phenolic OH excluding ortho intramolecular Hbond substituents is 1. The quantitative estimate of drug-likeness (QED) is 0.788. The highest BCUT2D eigenvalue weighted by molar-refractivity contribution is 5.97. The topological polar surface area (TPSA) is 70.0 Å². The van der Waals surface area contributed by atoms with Crippen molar-refractivity contribution >= 4 is 5.91 Å². The molecule has 1 aromatic carbocycles. The highest BCUT2D eigenvalue weighted by Gasteiger charge is 2.19. The molecule has 0 unspecified atom stereocenters. The van der Waals surface area contributed by atoms with Gasteiger partial charge in [0.2, 0.25) is 0 Å². The van der Waals surface area contributed by atoms with E-state index in [1.165, 1.54) is 24.1 Å². The Morgan fingerprint density at radius 3 is 2.68 bits per heavy atom. The summed E-state index contributed by atoms with van der Waals surface area (Å²) in [5, 5.41) is 18.8.